The van der Waals surface area contributed by atoms with Crippen LogP contribution in [0, 0.1) is 0 Å². The Balaban J connectivity index is 1.97. The van der Waals surface area contributed by atoms with E-state index < -0.39 is 0 Å². The zero-order valence-corrected chi connectivity index (χ0v) is 12.3. The van der Waals surface area contributed by atoms with Gasteiger partial charge in [0.15, 0.2) is 0 Å². The first-order chi connectivity index (χ1) is 10.2. The van der Waals surface area contributed by atoms with Gasteiger partial charge in [0.25, 0.3) is 5.89 Å². The van der Waals surface area contributed by atoms with Crippen LogP contribution in [-0.4, -0.2) is 15.1 Å². The van der Waals surface area contributed by atoms with Gasteiger partial charge in [-0.2, -0.15) is 4.98 Å². The van der Waals surface area contributed by atoms with E-state index >= 15 is 0 Å². The first-order valence-corrected chi connectivity index (χ1v) is 6.87. The van der Waals surface area contributed by atoms with Crippen LogP contribution in [0.3, 0.4) is 0 Å². The van der Waals surface area contributed by atoms with Crippen molar-refractivity contribution in [1.82, 2.24) is 15.1 Å². The number of rotatable bonds is 3. The largest absolute Gasteiger partial charge is 0.334 e. The molecule has 2 aromatic heterocycles. The van der Waals surface area contributed by atoms with Crippen molar-refractivity contribution < 1.29 is 4.52 Å². The molecule has 2 N–H and O–H groups in total. The average Bonchev–Trinajstić information content (AvgIpc) is 3.00. The molecule has 21 heavy (non-hydrogen) atoms. The molecule has 1 aromatic carbocycles. The SMILES string of the molecule is NCc1cc(-c2nc(-c3ccc(Cl)c(Cl)c3)no2)ccn1. The van der Waals surface area contributed by atoms with Gasteiger partial charge in [-0.1, -0.05) is 28.4 Å². The summed E-state index contributed by atoms with van der Waals surface area (Å²) in [6.45, 7) is 0.349. The first kappa shape index (κ1) is 14.0. The number of benzene rings is 1. The quantitative estimate of drug-likeness (QED) is 0.798. The Hall–Kier alpha value is -1.95. The Bertz CT molecular complexity index is 788. The molecule has 3 rings (SSSR count). The fraction of sp³-hybridized carbons (Fsp3) is 0.0714. The fourth-order valence-corrected chi connectivity index (χ4v) is 2.11. The Kier molecular flexibility index (Phi) is 3.88. The summed E-state index contributed by atoms with van der Waals surface area (Å²) in [4.78, 5) is 8.47. The number of hydrogen-bond acceptors (Lipinski definition) is 5. The Labute approximate surface area is 130 Å². The standard InChI is InChI=1S/C14H10Cl2N4O/c15-11-2-1-8(6-12(11)16)13-19-14(21-20-13)9-3-4-18-10(5-9)7-17/h1-6H,7,17H2. The minimum atomic E-state index is 0.349. The molecule has 0 amide bonds. The van der Waals surface area contributed by atoms with Crippen LogP contribution in [0.1, 0.15) is 5.69 Å². The molecule has 2 heterocycles. The third kappa shape index (κ3) is 2.90. The second-order valence-electron chi connectivity index (χ2n) is 4.29. The summed E-state index contributed by atoms with van der Waals surface area (Å²) in [6, 6.07) is 8.75. The predicted molar refractivity (Wildman–Crippen MR) is 80.9 cm³/mol. The van der Waals surface area contributed by atoms with Crippen LogP contribution in [0.5, 0.6) is 0 Å². The van der Waals surface area contributed by atoms with Crippen molar-refractivity contribution in [2.45, 2.75) is 6.54 Å². The summed E-state index contributed by atoms with van der Waals surface area (Å²) in [5, 5.41) is 4.87. The monoisotopic (exact) mass is 320 g/mol. The summed E-state index contributed by atoms with van der Waals surface area (Å²) in [6.07, 6.45) is 1.65. The van der Waals surface area contributed by atoms with E-state index in [-0.39, 0.29) is 0 Å². The van der Waals surface area contributed by atoms with Gasteiger partial charge in [0, 0.05) is 23.9 Å². The van der Waals surface area contributed by atoms with Crippen molar-refractivity contribution in [3.8, 4) is 22.8 Å². The first-order valence-electron chi connectivity index (χ1n) is 6.12. The van der Waals surface area contributed by atoms with E-state index in [1.54, 1.807) is 30.5 Å². The van der Waals surface area contributed by atoms with Gasteiger partial charge in [-0.25, -0.2) is 0 Å². The molecule has 0 saturated heterocycles. The van der Waals surface area contributed by atoms with Crippen LogP contribution in [-0.2, 0) is 6.54 Å². The molecule has 106 valence electrons. The van der Waals surface area contributed by atoms with Gasteiger partial charge in [-0.15, -0.1) is 0 Å². The van der Waals surface area contributed by atoms with E-state index in [0.29, 0.717) is 28.3 Å². The third-order valence-electron chi connectivity index (χ3n) is 2.88. The van der Waals surface area contributed by atoms with Crippen LogP contribution in [0.4, 0.5) is 0 Å². The molecule has 0 radical (unpaired) electrons. The van der Waals surface area contributed by atoms with E-state index in [1.165, 1.54) is 0 Å². The normalized spacial score (nSPS) is 10.8. The summed E-state index contributed by atoms with van der Waals surface area (Å²) in [5.41, 5.74) is 7.82. The minimum absolute atomic E-state index is 0.349. The van der Waals surface area contributed by atoms with Gasteiger partial charge < -0.3 is 10.3 Å². The molecule has 0 bridgehead atoms. The topological polar surface area (TPSA) is 77.8 Å². The lowest BCUT2D eigenvalue weighted by Crippen LogP contribution is -1.98. The molecular formula is C14H10Cl2N4O. The highest BCUT2D eigenvalue weighted by Crippen LogP contribution is 2.28. The second-order valence-corrected chi connectivity index (χ2v) is 5.11. The highest BCUT2D eigenvalue weighted by atomic mass is 35.5. The highest BCUT2D eigenvalue weighted by molar-refractivity contribution is 6.42. The van der Waals surface area contributed by atoms with Crippen molar-refractivity contribution in [3.63, 3.8) is 0 Å². The van der Waals surface area contributed by atoms with Crippen molar-refractivity contribution in [2.75, 3.05) is 0 Å². The van der Waals surface area contributed by atoms with E-state index in [2.05, 4.69) is 15.1 Å². The summed E-state index contributed by atoms with van der Waals surface area (Å²) < 4.78 is 5.27. The molecule has 0 atom stereocenters. The van der Waals surface area contributed by atoms with Crippen LogP contribution in [0.25, 0.3) is 22.8 Å². The van der Waals surface area contributed by atoms with Crippen LogP contribution < -0.4 is 5.73 Å². The van der Waals surface area contributed by atoms with Gasteiger partial charge in [0.2, 0.25) is 5.82 Å². The van der Waals surface area contributed by atoms with Crippen molar-refractivity contribution in [2.24, 2.45) is 5.73 Å². The molecule has 0 aliphatic carbocycles. The second kappa shape index (κ2) is 5.81. The molecule has 0 unspecified atom stereocenters. The molecular weight excluding hydrogens is 311 g/mol. The lowest BCUT2D eigenvalue weighted by molar-refractivity contribution is 0.432. The van der Waals surface area contributed by atoms with Gasteiger partial charge >= 0.3 is 0 Å². The Morgan fingerprint density at radius 1 is 1.05 bits per heavy atom. The maximum Gasteiger partial charge on any atom is 0.258 e. The Morgan fingerprint density at radius 2 is 1.90 bits per heavy atom. The molecule has 0 aliphatic rings. The third-order valence-corrected chi connectivity index (χ3v) is 3.62. The van der Waals surface area contributed by atoms with Gasteiger partial charge in [0.05, 0.1) is 15.7 Å². The van der Waals surface area contributed by atoms with Gasteiger partial charge in [-0.3, -0.25) is 4.98 Å². The van der Waals surface area contributed by atoms with Gasteiger partial charge in [-0.05, 0) is 30.3 Å². The van der Waals surface area contributed by atoms with Crippen LogP contribution in [0.2, 0.25) is 10.0 Å². The summed E-state index contributed by atoms with van der Waals surface area (Å²) in [7, 11) is 0. The van der Waals surface area contributed by atoms with Crippen molar-refractivity contribution in [3.05, 3.63) is 52.3 Å². The smallest absolute Gasteiger partial charge is 0.258 e. The maximum absolute atomic E-state index is 5.99. The zero-order chi connectivity index (χ0) is 14.8. The lowest BCUT2D eigenvalue weighted by Gasteiger charge is -1.98. The zero-order valence-electron chi connectivity index (χ0n) is 10.8. The van der Waals surface area contributed by atoms with E-state index in [4.69, 9.17) is 33.5 Å². The molecule has 0 fully saturated rings. The number of pyridine rings is 1. The molecule has 7 heteroatoms. The summed E-state index contributed by atoms with van der Waals surface area (Å²) >= 11 is 11.9. The number of aromatic nitrogens is 3. The molecule has 0 saturated carbocycles. The van der Waals surface area contributed by atoms with Crippen molar-refractivity contribution in [1.29, 1.82) is 0 Å². The lowest BCUT2D eigenvalue weighted by atomic mass is 10.2. The van der Waals surface area contributed by atoms with E-state index in [9.17, 15) is 0 Å². The number of halogens is 2. The van der Waals surface area contributed by atoms with E-state index in [1.807, 2.05) is 6.07 Å². The van der Waals surface area contributed by atoms with Gasteiger partial charge in [0.1, 0.15) is 0 Å². The molecule has 3 aromatic rings. The Morgan fingerprint density at radius 3 is 2.67 bits per heavy atom. The minimum Gasteiger partial charge on any atom is -0.334 e. The maximum atomic E-state index is 5.99. The molecule has 0 aliphatic heterocycles. The number of nitrogens with zero attached hydrogens (tertiary/aromatic N) is 3. The highest BCUT2D eigenvalue weighted by Gasteiger charge is 2.12. The molecule has 0 spiro atoms. The average molecular weight is 321 g/mol. The summed E-state index contributed by atoms with van der Waals surface area (Å²) in [5.74, 6) is 0.836. The predicted octanol–water partition coefficient (Wildman–Crippen LogP) is 3.56. The number of nitrogens with two attached hydrogens (primary N) is 1. The van der Waals surface area contributed by atoms with E-state index in [0.717, 1.165) is 16.8 Å². The number of hydrogen-bond donors (Lipinski definition) is 1. The van der Waals surface area contributed by atoms with Crippen LogP contribution >= 0.6 is 23.2 Å². The fourth-order valence-electron chi connectivity index (χ4n) is 1.82. The van der Waals surface area contributed by atoms with Crippen molar-refractivity contribution >= 4 is 23.2 Å². The molecule has 5 nitrogen and oxygen atoms in total. The van der Waals surface area contributed by atoms with Crippen LogP contribution in [0.15, 0.2) is 41.1 Å².